The predicted octanol–water partition coefficient (Wildman–Crippen LogP) is 7.11. The minimum atomic E-state index is 0.155. The molecule has 0 aliphatic rings. The number of nitrogens with zero attached hydrogens (tertiary/aromatic N) is 1. The van der Waals surface area contributed by atoms with E-state index in [0.717, 1.165) is 38.7 Å². The highest BCUT2D eigenvalue weighted by Crippen LogP contribution is 2.31. The van der Waals surface area contributed by atoms with Crippen molar-refractivity contribution < 1.29 is 14.6 Å². The summed E-state index contributed by atoms with van der Waals surface area (Å²) in [4.78, 5) is 4.67. The van der Waals surface area contributed by atoms with Crippen molar-refractivity contribution in [2.45, 2.75) is 6.42 Å². The van der Waals surface area contributed by atoms with Crippen molar-refractivity contribution in [3.05, 3.63) is 108 Å². The van der Waals surface area contributed by atoms with Crippen molar-refractivity contribution >= 4 is 33.8 Å². The molecule has 0 saturated heterocycles. The second-order valence-corrected chi connectivity index (χ2v) is 8.05. The van der Waals surface area contributed by atoms with E-state index in [-0.39, 0.29) is 5.75 Å². The number of benzene rings is 4. The van der Waals surface area contributed by atoms with Gasteiger partial charge in [-0.1, -0.05) is 66.7 Å². The number of ether oxygens (including phenoxy) is 2. The standard InChI is InChI=1S/C30H25NO3/c32-29-20-24-7-1-2-8-25(24)21-30(29)34-19-5-18-33-27-16-11-22(12-17-27)10-14-26-15-13-23-6-3-4-9-28(23)31-26/h1-4,6-17,20-21,32H,5,18-19H2/b14-10+. The van der Waals surface area contributed by atoms with E-state index in [2.05, 4.69) is 17.1 Å². The second kappa shape index (κ2) is 10.1. The van der Waals surface area contributed by atoms with E-state index in [0.29, 0.717) is 25.4 Å². The molecule has 5 aromatic rings. The zero-order valence-corrected chi connectivity index (χ0v) is 18.7. The van der Waals surface area contributed by atoms with Gasteiger partial charge in [0.2, 0.25) is 0 Å². The summed E-state index contributed by atoms with van der Waals surface area (Å²) in [5, 5.41) is 13.3. The fourth-order valence-corrected chi connectivity index (χ4v) is 3.79. The lowest BCUT2D eigenvalue weighted by molar-refractivity contribution is 0.242. The Morgan fingerprint density at radius 3 is 2.21 bits per heavy atom. The molecule has 1 aromatic heterocycles. The van der Waals surface area contributed by atoms with Crippen LogP contribution in [0.1, 0.15) is 17.7 Å². The molecular weight excluding hydrogens is 422 g/mol. The predicted molar refractivity (Wildman–Crippen MR) is 138 cm³/mol. The van der Waals surface area contributed by atoms with E-state index in [9.17, 15) is 5.11 Å². The van der Waals surface area contributed by atoms with Crippen LogP contribution in [0.15, 0.2) is 97.1 Å². The lowest BCUT2D eigenvalue weighted by atomic mass is 10.1. The van der Waals surface area contributed by atoms with Gasteiger partial charge in [0.25, 0.3) is 0 Å². The Hall–Kier alpha value is -4.31. The van der Waals surface area contributed by atoms with Crippen LogP contribution < -0.4 is 9.47 Å². The zero-order chi connectivity index (χ0) is 23.2. The second-order valence-electron chi connectivity index (χ2n) is 8.05. The third-order valence-electron chi connectivity index (χ3n) is 5.59. The summed E-state index contributed by atoms with van der Waals surface area (Å²) in [6.45, 7) is 0.996. The molecule has 1 N–H and O–H groups in total. The molecule has 0 amide bonds. The molecule has 0 aliphatic heterocycles. The molecule has 0 saturated carbocycles. The van der Waals surface area contributed by atoms with Crippen molar-refractivity contribution in [1.82, 2.24) is 4.98 Å². The first-order valence-electron chi connectivity index (χ1n) is 11.4. The number of para-hydroxylation sites is 1. The molecule has 4 aromatic carbocycles. The minimum Gasteiger partial charge on any atom is -0.504 e. The van der Waals surface area contributed by atoms with Crippen molar-refractivity contribution in [3.8, 4) is 17.2 Å². The van der Waals surface area contributed by atoms with Crippen LogP contribution in [0.25, 0.3) is 33.8 Å². The first-order valence-corrected chi connectivity index (χ1v) is 11.4. The maximum Gasteiger partial charge on any atom is 0.161 e. The quantitative estimate of drug-likeness (QED) is 0.258. The summed E-state index contributed by atoms with van der Waals surface area (Å²) < 4.78 is 11.6. The van der Waals surface area contributed by atoms with Crippen molar-refractivity contribution in [2.75, 3.05) is 13.2 Å². The largest absolute Gasteiger partial charge is 0.504 e. The van der Waals surface area contributed by atoms with Crippen molar-refractivity contribution in [3.63, 3.8) is 0 Å². The van der Waals surface area contributed by atoms with Gasteiger partial charge in [-0.15, -0.1) is 0 Å². The molecule has 0 atom stereocenters. The number of phenols is 1. The van der Waals surface area contributed by atoms with Gasteiger partial charge in [0.1, 0.15) is 5.75 Å². The number of hydrogen-bond acceptors (Lipinski definition) is 4. The minimum absolute atomic E-state index is 0.155. The Labute approximate surface area is 198 Å². The molecular formula is C30H25NO3. The van der Waals surface area contributed by atoms with E-state index >= 15 is 0 Å². The molecule has 4 heteroatoms. The Kier molecular flexibility index (Phi) is 6.39. The van der Waals surface area contributed by atoms with E-state index < -0.39 is 0 Å². The molecule has 0 unspecified atom stereocenters. The van der Waals surface area contributed by atoms with Crippen LogP contribution in [0.3, 0.4) is 0 Å². The number of pyridine rings is 1. The lowest BCUT2D eigenvalue weighted by Gasteiger charge is -2.10. The number of aromatic nitrogens is 1. The van der Waals surface area contributed by atoms with Gasteiger partial charge in [-0.25, -0.2) is 4.98 Å². The molecule has 0 radical (unpaired) electrons. The van der Waals surface area contributed by atoms with Crippen molar-refractivity contribution in [1.29, 1.82) is 0 Å². The first-order chi connectivity index (χ1) is 16.7. The average Bonchev–Trinajstić information content (AvgIpc) is 2.88. The van der Waals surface area contributed by atoms with Crippen LogP contribution >= 0.6 is 0 Å². The van der Waals surface area contributed by atoms with Gasteiger partial charge in [0.05, 0.1) is 24.4 Å². The van der Waals surface area contributed by atoms with Crippen LogP contribution in [-0.4, -0.2) is 23.3 Å². The van der Waals surface area contributed by atoms with Crippen LogP contribution in [-0.2, 0) is 0 Å². The van der Waals surface area contributed by atoms with Crippen molar-refractivity contribution in [2.24, 2.45) is 0 Å². The highest BCUT2D eigenvalue weighted by molar-refractivity contribution is 5.86. The lowest BCUT2D eigenvalue weighted by Crippen LogP contribution is -2.05. The van der Waals surface area contributed by atoms with Gasteiger partial charge in [-0.05, 0) is 58.8 Å². The summed E-state index contributed by atoms with van der Waals surface area (Å²) in [5.74, 6) is 1.47. The topological polar surface area (TPSA) is 51.6 Å². The third-order valence-corrected chi connectivity index (χ3v) is 5.59. The van der Waals surface area contributed by atoms with E-state index in [1.54, 1.807) is 6.07 Å². The summed E-state index contributed by atoms with van der Waals surface area (Å²) in [6, 6.07) is 31.7. The van der Waals surface area contributed by atoms with Gasteiger partial charge in [0.15, 0.2) is 11.5 Å². The fourth-order valence-electron chi connectivity index (χ4n) is 3.79. The Balaban J connectivity index is 1.10. The number of hydrogen-bond donors (Lipinski definition) is 1. The van der Waals surface area contributed by atoms with Crippen LogP contribution in [0.4, 0.5) is 0 Å². The van der Waals surface area contributed by atoms with Crippen LogP contribution in [0.5, 0.6) is 17.2 Å². The summed E-state index contributed by atoms with van der Waals surface area (Å²) in [6.07, 6.45) is 4.77. The highest BCUT2D eigenvalue weighted by atomic mass is 16.5. The van der Waals surface area contributed by atoms with Gasteiger partial charge < -0.3 is 14.6 Å². The number of aromatic hydroxyl groups is 1. The summed E-state index contributed by atoms with van der Waals surface area (Å²) in [5.41, 5.74) is 3.00. The van der Waals surface area contributed by atoms with Crippen LogP contribution in [0, 0.1) is 0 Å². The Morgan fingerprint density at radius 1 is 0.676 bits per heavy atom. The van der Waals surface area contributed by atoms with Gasteiger partial charge >= 0.3 is 0 Å². The number of rotatable bonds is 8. The summed E-state index contributed by atoms with van der Waals surface area (Å²) >= 11 is 0. The number of phenolic OH excluding ortho intramolecular Hbond substituents is 1. The molecule has 168 valence electrons. The highest BCUT2D eigenvalue weighted by Gasteiger charge is 2.05. The molecule has 4 nitrogen and oxygen atoms in total. The maximum atomic E-state index is 10.2. The normalized spacial score (nSPS) is 11.3. The molecule has 1 heterocycles. The fraction of sp³-hybridized carbons (Fsp3) is 0.100. The SMILES string of the molecule is Oc1cc2ccccc2cc1OCCCOc1ccc(/C=C/c2ccc3ccccc3n2)cc1. The van der Waals surface area contributed by atoms with E-state index in [4.69, 9.17) is 9.47 Å². The molecule has 0 fully saturated rings. The molecule has 34 heavy (non-hydrogen) atoms. The smallest absolute Gasteiger partial charge is 0.161 e. The van der Waals surface area contributed by atoms with Gasteiger partial charge in [-0.2, -0.15) is 0 Å². The van der Waals surface area contributed by atoms with Gasteiger partial charge in [0, 0.05) is 11.8 Å². The Morgan fingerprint density at radius 2 is 1.38 bits per heavy atom. The molecule has 0 spiro atoms. The van der Waals surface area contributed by atoms with E-state index in [1.165, 1.54) is 0 Å². The third kappa shape index (κ3) is 5.18. The molecule has 5 rings (SSSR count). The van der Waals surface area contributed by atoms with Crippen LogP contribution in [0.2, 0.25) is 0 Å². The Bertz CT molecular complexity index is 1440. The molecule has 0 aliphatic carbocycles. The van der Waals surface area contributed by atoms with E-state index in [1.807, 2.05) is 91.0 Å². The maximum absolute atomic E-state index is 10.2. The number of fused-ring (bicyclic) bond motifs is 2. The summed E-state index contributed by atoms with van der Waals surface area (Å²) in [7, 11) is 0. The zero-order valence-electron chi connectivity index (χ0n) is 18.7. The average molecular weight is 448 g/mol. The first kappa shape index (κ1) is 21.5. The molecule has 0 bridgehead atoms. The monoisotopic (exact) mass is 447 g/mol. The van der Waals surface area contributed by atoms with Gasteiger partial charge in [-0.3, -0.25) is 0 Å².